The third kappa shape index (κ3) is 2.46. The normalized spacial score (nSPS) is 19.7. The van der Waals surface area contributed by atoms with Crippen LogP contribution in [0.5, 0.6) is 0 Å². The average molecular weight is 241 g/mol. The first kappa shape index (κ1) is 11.2. The van der Waals surface area contributed by atoms with Crippen molar-refractivity contribution in [3.63, 3.8) is 0 Å². The number of carbonyl (C=O) groups excluding carboxylic acids is 1. The SMILES string of the molecule is Nc1ccc(Cl)c(NC(=O)[C@H]2CCCO2)c1. The molecule has 1 fully saturated rings. The van der Waals surface area contributed by atoms with E-state index in [1.165, 1.54) is 0 Å². The number of ether oxygens (including phenoxy) is 1. The van der Waals surface area contributed by atoms with Gasteiger partial charge in [-0.1, -0.05) is 11.6 Å². The number of rotatable bonds is 2. The highest BCUT2D eigenvalue weighted by Gasteiger charge is 2.23. The van der Waals surface area contributed by atoms with Gasteiger partial charge in [0.25, 0.3) is 5.91 Å². The van der Waals surface area contributed by atoms with Crippen LogP contribution in [0.15, 0.2) is 18.2 Å². The number of nitrogens with two attached hydrogens (primary N) is 1. The van der Waals surface area contributed by atoms with E-state index in [2.05, 4.69) is 5.32 Å². The lowest BCUT2D eigenvalue weighted by Gasteiger charge is -2.11. The molecular formula is C11H13ClN2O2. The number of carbonyl (C=O) groups is 1. The molecular weight excluding hydrogens is 228 g/mol. The van der Waals surface area contributed by atoms with Crippen molar-refractivity contribution in [2.75, 3.05) is 17.7 Å². The maximum atomic E-state index is 11.7. The lowest BCUT2D eigenvalue weighted by molar-refractivity contribution is -0.124. The zero-order valence-corrected chi connectivity index (χ0v) is 9.46. The summed E-state index contributed by atoms with van der Waals surface area (Å²) in [6, 6.07) is 4.97. The van der Waals surface area contributed by atoms with Crippen LogP contribution in [-0.2, 0) is 9.53 Å². The summed E-state index contributed by atoms with van der Waals surface area (Å²) in [7, 11) is 0. The van der Waals surface area contributed by atoms with Gasteiger partial charge >= 0.3 is 0 Å². The Labute approximate surface area is 98.7 Å². The maximum Gasteiger partial charge on any atom is 0.253 e. The number of hydrogen-bond donors (Lipinski definition) is 2. The number of nitrogens with one attached hydrogen (secondary N) is 1. The van der Waals surface area contributed by atoms with Gasteiger partial charge in [0, 0.05) is 12.3 Å². The molecule has 1 aliphatic rings. The molecule has 0 aliphatic carbocycles. The minimum Gasteiger partial charge on any atom is -0.399 e. The van der Waals surface area contributed by atoms with Gasteiger partial charge in [-0.05, 0) is 31.0 Å². The molecule has 5 heteroatoms. The van der Waals surface area contributed by atoms with E-state index in [0.717, 1.165) is 12.8 Å². The zero-order chi connectivity index (χ0) is 11.5. The molecule has 16 heavy (non-hydrogen) atoms. The molecule has 1 saturated heterocycles. The molecule has 0 bridgehead atoms. The highest BCUT2D eigenvalue weighted by atomic mass is 35.5. The molecule has 1 heterocycles. The highest BCUT2D eigenvalue weighted by Crippen LogP contribution is 2.25. The van der Waals surface area contributed by atoms with Gasteiger partial charge in [-0.15, -0.1) is 0 Å². The average Bonchev–Trinajstić information content (AvgIpc) is 2.76. The van der Waals surface area contributed by atoms with Gasteiger partial charge in [-0.2, -0.15) is 0 Å². The lowest BCUT2D eigenvalue weighted by atomic mass is 10.2. The Hall–Kier alpha value is -1.26. The van der Waals surface area contributed by atoms with Gasteiger partial charge in [0.2, 0.25) is 0 Å². The van der Waals surface area contributed by atoms with Gasteiger partial charge in [0.05, 0.1) is 10.7 Å². The molecule has 1 amide bonds. The molecule has 0 saturated carbocycles. The summed E-state index contributed by atoms with van der Waals surface area (Å²) < 4.78 is 5.27. The summed E-state index contributed by atoms with van der Waals surface area (Å²) in [4.78, 5) is 11.7. The van der Waals surface area contributed by atoms with Crippen molar-refractivity contribution in [3.8, 4) is 0 Å². The van der Waals surface area contributed by atoms with Gasteiger partial charge in [-0.3, -0.25) is 4.79 Å². The molecule has 1 atom stereocenters. The number of benzene rings is 1. The summed E-state index contributed by atoms with van der Waals surface area (Å²) in [6.45, 7) is 0.642. The van der Waals surface area contributed by atoms with Crippen LogP contribution in [0.25, 0.3) is 0 Å². The summed E-state index contributed by atoms with van der Waals surface area (Å²) in [6.07, 6.45) is 1.31. The van der Waals surface area contributed by atoms with Crippen LogP contribution >= 0.6 is 11.6 Å². The van der Waals surface area contributed by atoms with Gasteiger partial charge in [0.1, 0.15) is 6.10 Å². The quantitative estimate of drug-likeness (QED) is 0.778. The number of halogens is 1. The van der Waals surface area contributed by atoms with Crippen molar-refractivity contribution in [3.05, 3.63) is 23.2 Å². The first-order valence-corrected chi connectivity index (χ1v) is 5.52. The zero-order valence-electron chi connectivity index (χ0n) is 8.70. The van der Waals surface area contributed by atoms with E-state index in [9.17, 15) is 4.79 Å². The fourth-order valence-corrected chi connectivity index (χ4v) is 1.80. The minimum atomic E-state index is -0.363. The van der Waals surface area contributed by atoms with Crippen molar-refractivity contribution in [1.82, 2.24) is 0 Å². The van der Waals surface area contributed by atoms with Crippen LogP contribution in [0.4, 0.5) is 11.4 Å². The lowest BCUT2D eigenvalue weighted by Crippen LogP contribution is -2.27. The minimum absolute atomic E-state index is 0.162. The Bertz CT molecular complexity index is 403. The van der Waals surface area contributed by atoms with E-state index < -0.39 is 0 Å². The second kappa shape index (κ2) is 4.72. The number of nitrogen functional groups attached to an aromatic ring is 1. The molecule has 86 valence electrons. The first-order chi connectivity index (χ1) is 7.66. The molecule has 3 N–H and O–H groups in total. The molecule has 0 aromatic heterocycles. The Balaban J connectivity index is 2.07. The topological polar surface area (TPSA) is 64.3 Å². The number of anilines is 2. The number of hydrogen-bond acceptors (Lipinski definition) is 3. The second-order valence-corrected chi connectivity index (χ2v) is 4.14. The van der Waals surface area contributed by atoms with E-state index in [-0.39, 0.29) is 12.0 Å². The van der Waals surface area contributed by atoms with Crippen LogP contribution in [0, 0.1) is 0 Å². The standard InChI is InChI=1S/C11H13ClN2O2/c12-8-4-3-7(13)6-9(8)14-11(15)10-2-1-5-16-10/h3-4,6,10H,1-2,5,13H2,(H,14,15)/t10-/m1/s1. The summed E-state index contributed by atoms with van der Waals surface area (Å²) in [5.41, 5.74) is 6.71. The highest BCUT2D eigenvalue weighted by molar-refractivity contribution is 6.33. The maximum absolute atomic E-state index is 11.7. The van der Waals surface area contributed by atoms with Crippen LogP contribution in [0.3, 0.4) is 0 Å². The fraction of sp³-hybridized carbons (Fsp3) is 0.364. The van der Waals surface area contributed by atoms with Crippen molar-refractivity contribution in [2.24, 2.45) is 0 Å². The largest absolute Gasteiger partial charge is 0.399 e. The van der Waals surface area contributed by atoms with Gasteiger partial charge < -0.3 is 15.8 Å². The summed E-state index contributed by atoms with van der Waals surface area (Å²) in [5.74, 6) is -0.162. The Morgan fingerprint density at radius 3 is 3.06 bits per heavy atom. The predicted octanol–water partition coefficient (Wildman–Crippen LogP) is 2.04. The Morgan fingerprint density at radius 2 is 2.38 bits per heavy atom. The summed E-state index contributed by atoms with van der Waals surface area (Å²) >= 11 is 5.94. The van der Waals surface area contributed by atoms with Gasteiger partial charge in [0.15, 0.2) is 0 Å². The van der Waals surface area contributed by atoms with Crippen LogP contribution in [-0.4, -0.2) is 18.6 Å². The second-order valence-electron chi connectivity index (χ2n) is 3.73. The molecule has 1 aliphatic heterocycles. The van der Waals surface area contributed by atoms with Crippen LogP contribution in [0.1, 0.15) is 12.8 Å². The number of amides is 1. The Morgan fingerprint density at radius 1 is 1.56 bits per heavy atom. The monoisotopic (exact) mass is 240 g/mol. The fourth-order valence-electron chi connectivity index (χ4n) is 1.64. The molecule has 1 aromatic carbocycles. The van der Waals surface area contributed by atoms with Crippen LogP contribution in [0.2, 0.25) is 5.02 Å². The molecule has 4 nitrogen and oxygen atoms in total. The van der Waals surface area contributed by atoms with E-state index in [0.29, 0.717) is 23.0 Å². The Kier molecular flexibility index (Phi) is 3.31. The van der Waals surface area contributed by atoms with Crippen molar-refractivity contribution < 1.29 is 9.53 Å². The smallest absolute Gasteiger partial charge is 0.253 e. The molecule has 0 spiro atoms. The molecule has 0 unspecified atom stereocenters. The van der Waals surface area contributed by atoms with Crippen molar-refractivity contribution >= 4 is 28.9 Å². The van der Waals surface area contributed by atoms with Crippen LogP contribution < -0.4 is 11.1 Å². The molecule has 2 rings (SSSR count). The van der Waals surface area contributed by atoms with E-state index in [1.807, 2.05) is 0 Å². The third-order valence-corrected chi connectivity index (χ3v) is 2.80. The molecule has 0 radical (unpaired) electrons. The molecule has 1 aromatic rings. The van der Waals surface area contributed by atoms with Crippen molar-refractivity contribution in [2.45, 2.75) is 18.9 Å². The predicted molar refractivity (Wildman–Crippen MR) is 63.5 cm³/mol. The van der Waals surface area contributed by atoms with E-state index in [1.54, 1.807) is 18.2 Å². The van der Waals surface area contributed by atoms with Crippen molar-refractivity contribution in [1.29, 1.82) is 0 Å². The van der Waals surface area contributed by atoms with Gasteiger partial charge in [-0.25, -0.2) is 0 Å². The van der Waals surface area contributed by atoms with E-state index in [4.69, 9.17) is 22.1 Å². The summed E-state index contributed by atoms with van der Waals surface area (Å²) in [5, 5.41) is 3.19. The first-order valence-electron chi connectivity index (χ1n) is 5.14. The van der Waals surface area contributed by atoms with E-state index >= 15 is 0 Å². The third-order valence-electron chi connectivity index (χ3n) is 2.47.